The molecule has 1 aliphatic rings. The van der Waals surface area contributed by atoms with Gasteiger partial charge in [-0.05, 0) is 60.6 Å². The van der Waals surface area contributed by atoms with Crippen molar-refractivity contribution in [2.75, 3.05) is 0 Å². The minimum atomic E-state index is -0.406. The van der Waals surface area contributed by atoms with Crippen LogP contribution < -0.4 is 11.0 Å². The molecule has 7 nitrogen and oxygen atoms in total. The number of thiophene rings is 1. The quantitative estimate of drug-likeness (QED) is 0.523. The number of aryl methyl sites for hydroxylation is 1. The molecule has 0 spiro atoms. The monoisotopic (exact) mass is 396 g/mol. The molecule has 4 rings (SSSR count). The highest BCUT2D eigenvalue weighted by atomic mass is 32.1. The van der Waals surface area contributed by atoms with E-state index in [2.05, 4.69) is 22.4 Å². The number of carbonyl (C=O) groups is 1. The van der Waals surface area contributed by atoms with E-state index >= 15 is 0 Å². The zero-order valence-corrected chi connectivity index (χ0v) is 16.2. The molecule has 0 saturated carbocycles. The zero-order valence-electron chi connectivity index (χ0n) is 15.4. The summed E-state index contributed by atoms with van der Waals surface area (Å²) in [6, 6.07) is 6.42. The van der Waals surface area contributed by atoms with Crippen LogP contribution in [0.5, 0.6) is 5.75 Å². The summed E-state index contributed by atoms with van der Waals surface area (Å²) in [4.78, 5) is 31.5. The molecule has 1 aromatic carbocycles. The number of nitrogens with zero attached hydrogens (tertiary/aromatic N) is 3. The number of hydrogen-bond acceptors (Lipinski definition) is 6. The van der Waals surface area contributed by atoms with Crippen LogP contribution in [0.3, 0.4) is 0 Å². The average Bonchev–Trinajstić information content (AvgIpc) is 3.04. The van der Waals surface area contributed by atoms with E-state index < -0.39 is 5.91 Å². The van der Waals surface area contributed by atoms with E-state index in [1.165, 1.54) is 34.1 Å². The predicted molar refractivity (Wildman–Crippen MR) is 109 cm³/mol. The Morgan fingerprint density at radius 3 is 3.00 bits per heavy atom. The highest BCUT2D eigenvalue weighted by molar-refractivity contribution is 7.18. The molecule has 144 valence electrons. The Morgan fingerprint density at radius 2 is 2.21 bits per heavy atom. The van der Waals surface area contributed by atoms with E-state index in [9.17, 15) is 14.7 Å². The van der Waals surface area contributed by atoms with Crippen LogP contribution in [0.1, 0.15) is 29.3 Å². The van der Waals surface area contributed by atoms with Gasteiger partial charge in [-0.2, -0.15) is 5.10 Å². The molecule has 3 aromatic rings. The fourth-order valence-corrected chi connectivity index (χ4v) is 4.75. The third-order valence-corrected chi connectivity index (χ3v) is 6.05. The van der Waals surface area contributed by atoms with Crippen LogP contribution in [0.2, 0.25) is 0 Å². The Bertz CT molecular complexity index is 1110. The molecular formula is C20H20N4O3S. The molecule has 0 bridgehead atoms. The second-order valence-electron chi connectivity index (χ2n) is 7.09. The summed E-state index contributed by atoms with van der Waals surface area (Å²) in [7, 11) is 0. The summed E-state index contributed by atoms with van der Waals surface area (Å²) >= 11 is 1.59. The molecule has 2 aromatic heterocycles. The Hall–Kier alpha value is -3.00. The van der Waals surface area contributed by atoms with E-state index in [1.54, 1.807) is 23.5 Å². The van der Waals surface area contributed by atoms with Crippen LogP contribution in [0.25, 0.3) is 10.2 Å². The SMILES string of the molecule is CC1CCc2c(sc3ncn(CC(=O)NN=Cc4ccc(O)cc4)c(=O)c23)C1. The maximum Gasteiger partial charge on any atom is 0.262 e. The lowest BCUT2D eigenvalue weighted by atomic mass is 9.89. The molecule has 0 fully saturated rings. The number of phenols is 1. The largest absolute Gasteiger partial charge is 0.508 e. The van der Waals surface area contributed by atoms with E-state index in [4.69, 9.17) is 0 Å². The van der Waals surface area contributed by atoms with Gasteiger partial charge in [-0.1, -0.05) is 6.92 Å². The van der Waals surface area contributed by atoms with Gasteiger partial charge in [0.2, 0.25) is 0 Å². The summed E-state index contributed by atoms with van der Waals surface area (Å²) in [6.07, 6.45) is 5.85. The number of rotatable bonds is 4. The van der Waals surface area contributed by atoms with Crippen molar-refractivity contribution in [2.24, 2.45) is 11.0 Å². The van der Waals surface area contributed by atoms with Crippen LogP contribution in [-0.2, 0) is 24.2 Å². The smallest absolute Gasteiger partial charge is 0.262 e. The fourth-order valence-electron chi connectivity index (χ4n) is 3.41. The standard InChI is InChI=1S/C20H20N4O3S/c1-12-2-7-15-16(8-12)28-19-18(15)20(27)24(11-21-19)10-17(26)23-22-9-13-3-5-14(25)6-4-13/h3-6,9,11-12,25H,2,7-8,10H2,1H3,(H,23,26). The van der Waals surface area contributed by atoms with E-state index in [0.717, 1.165) is 35.2 Å². The first kappa shape index (κ1) is 18.4. The molecule has 0 radical (unpaired) electrons. The Morgan fingerprint density at radius 1 is 1.43 bits per heavy atom. The van der Waals surface area contributed by atoms with Crippen molar-refractivity contribution in [3.8, 4) is 5.75 Å². The van der Waals surface area contributed by atoms with Crippen LogP contribution in [0.4, 0.5) is 0 Å². The Kier molecular flexibility index (Phi) is 4.95. The highest BCUT2D eigenvalue weighted by Gasteiger charge is 2.23. The summed E-state index contributed by atoms with van der Waals surface area (Å²) in [5, 5.41) is 13.8. The minimum absolute atomic E-state index is 0.143. The van der Waals surface area contributed by atoms with Crippen LogP contribution in [-0.4, -0.2) is 26.8 Å². The van der Waals surface area contributed by atoms with Crippen molar-refractivity contribution in [2.45, 2.75) is 32.7 Å². The number of aromatic hydroxyl groups is 1. The van der Waals surface area contributed by atoms with Gasteiger partial charge in [-0.15, -0.1) is 11.3 Å². The summed E-state index contributed by atoms with van der Waals surface area (Å²) in [6.45, 7) is 2.08. The lowest BCUT2D eigenvalue weighted by Gasteiger charge is -2.17. The maximum atomic E-state index is 12.9. The normalized spacial score (nSPS) is 16.4. The number of aromatic nitrogens is 2. The second-order valence-corrected chi connectivity index (χ2v) is 8.18. The Labute approximate surface area is 165 Å². The van der Waals surface area contributed by atoms with E-state index in [0.29, 0.717) is 11.3 Å². The van der Waals surface area contributed by atoms with Gasteiger partial charge in [0.1, 0.15) is 17.1 Å². The number of fused-ring (bicyclic) bond motifs is 3. The van der Waals surface area contributed by atoms with E-state index in [1.807, 2.05) is 0 Å². The molecule has 1 amide bonds. The lowest BCUT2D eigenvalue weighted by molar-refractivity contribution is -0.121. The van der Waals surface area contributed by atoms with Gasteiger partial charge >= 0.3 is 0 Å². The van der Waals surface area contributed by atoms with Gasteiger partial charge in [-0.3, -0.25) is 14.2 Å². The van der Waals surface area contributed by atoms with Crippen molar-refractivity contribution in [1.82, 2.24) is 15.0 Å². The first-order valence-corrected chi connectivity index (χ1v) is 9.93. The van der Waals surface area contributed by atoms with Gasteiger partial charge in [-0.25, -0.2) is 10.4 Å². The predicted octanol–water partition coefficient (Wildman–Crippen LogP) is 2.44. The molecule has 1 atom stereocenters. The van der Waals surface area contributed by atoms with Gasteiger partial charge in [0.25, 0.3) is 11.5 Å². The Balaban J connectivity index is 1.50. The average molecular weight is 396 g/mol. The fraction of sp³-hybridized carbons (Fsp3) is 0.300. The van der Waals surface area contributed by atoms with Gasteiger partial charge in [0, 0.05) is 4.88 Å². The van der Waals surface area contributed by atoms with Gasteiger partial charge in [0.05, 0.1) is 17.9 Å². The van der Waals surface area contributed by atoms with Crippen LogP contribution in [0, 0.1) is 5.92 Å². The molecule has 1 unspecified atom stereocenters. The maximum absolute atomic E-state index is 12.9. The van der Waals surface area contributed by atoms with Gasteiger partial charge < -0.3 is 5.11 Å². The molecule has 0 aliphatic heterocycles. The first-order chi connectivity index (χ1) is 13.5. The molecule has 1 aliphatic carbocycles. The number of benzene rings is 1. The number of amides is 1. The van der Waals surface area contributed by atoms with Crippen molar-refractivity contribution in [3.63, 3.8) is 0 Å². The lowest BCUT2D eigenvalue weighted by Crippen LogP contribution is -2.30. The number of phenolic OH excluding ortho intramolecular Hbond substituents is 1. The molecule has 2 N–H and O–H groups in total. The molecule has 0 saturated heterocycles. The topological polar surface area (TPSA) is 96.6 Å². The first-order valence-electron chi connectivity index (χ1n) is 9.12. The number of hydrazone groups is 1. The minimum Gasteiger partial charge on any atom is -0.508 e. The molecule has 8 heteroatoms. The third kappa shape index (κ3) is 3.68. The van der Waals surface area contributed by atoms with Gasteiger partial charge in [0.15, 0.2) is 0 Å². The number of nitrogens with one attached hydrogen (secondary N) is 1. The molecular weight excluding hydrogens is 376 g/mol. The molecule has 28 heavy (non-hydrogen) atoms. The van der Waals surface area contributed by atoms with Crippen LogP contribution >= 0.6 is 11.3 Å². The summed E-state index contributed by atoms with van der Waals surface area (Å²) < 4.78 is 1.33. The summed E-state index contributed by atoms with van der Waals surface area (Å²) in [5.74, 6) is 0.379. The zero-order chi connectivity index (χ0) is 19.7. The third-order valence-electron chi connectivity index (χ3n) is 4.89. The number of carbonyl (C=O) groups excluding carboxylic acids is 1. The van der Waals surface area contributed by atoms with Crippen molar-refractivity contribution < 1.29 is 9.90 Å². The van der Waals surface area contributed by atoms with Crippen molar-refractivity contribution in [3.05, 3.63) is 57.0 Å². The molecule has 2 heterocycles. The van der Waals surface area contributed by atoms with Crippen molar-refractivity contribution >= 4 is 33.7 Å². The summed E-state index contributed by atoms with van der Waals surface area (Å²) in [5.41, 5.74) is 4.08. The van der Waals surface area contributed by atoms with Crippen LogP contribution in [0.15, 0.2) is 40.5 Å². The highest BCUT2D eigenvalue weighted by Crippen LogP contribution is 2.35. The number of hydrogen-bond donors (Lipinski definition) is 2. The van der Waals surface area contributed by atoms with Crippen molar-refractivity contribution in [1.29, 1.82) is 0 Å². The second kappa shape index (κ2) is 7.55. The van der Waals surface area contributed by atoms with E-state index in [-0.39, 0.29) is 17.9 Å².